The second kappa shape index (κ2) is 14.0. The molecule has 1 fully saturated rings. The largest absolute Gasteiger partial charge is 0.469 e. The van der Waals surface area contributed by atoms with Crippen LogP contribution in [0.2, 0.25) is 0 Å². The number of amides is 4. The SMILES string of the molecule is CCC1(CC)C(=O)N(C(=O)NCCCCc2ccc(C(F)(F)F)cc2)C1Oc1ccc(C(=O)N(C)CCN(C)C)cc1. The van der Waals surface area contributed by atoms with E-state index in [0.29, 0.717) is 56.5 Å². The lowest BCUT2D eigenvalue weighted by Crippen LogP contribution is -2.73. The van der Waals surface area contributed by atoms with Gasteiger partial charge in [0.05, 0.1) is 5.56 Å². The summed E-state index contributed by atoms with van der Waals surface area (Å²) in [6.45, 7) is 5.41. The van der Waals surface area contributed by atoms with Crippen molar-refractivity contribution in [2.45, 2.75) is 58.4 Å². The van der Waals surface area contributed by atoms with Crippen LogP contribution in [0.3, 0.4) is 0 Å². The van der Waals surface area contributed by atoms with Gasteiger partial charge in [-0.1, -0.05) is 26.0 Å². The number of halogens is 3. The van der Waals surface area contributed by atoms with Crippen LogP contribution in [-0.2, 0) is 17.4 Å². The summed E-state index contributed by atoms with van der Waals surface area (Å²) in [6, 6.07) is 11.2. The van der Waals surface area contributed by atoms with Gasteiger partial charge in [-0.2, -0.15) is 13.2 Å². The van der Waals surface area contributed by atoms with Crippen LogP contribution in [0.25, 0.3) is 0 Å². The summed E-state index contributed by atoms with van der Waals surface area (Å²) in [5.74, 6) is 0.0349. The fourth-order valence-corrected chi connectivity index (χ4v) is 4.97. The summed E-state index contributed by atoms with van der Waals surface area (Å²) < 4.78 is 44.4. The number of urea groups is 1. The van der Waals surface area contributed by atoms with Crippen molar-refractivity contribution in [1.29, 1.82) is 0 Å². The van der Waals surface area contributed by atoms with E-state index in [0.717, 1.165) is 29.1 Å². The van der Waals surface area contributed by atoms with Gasteiger partial charge in [-0.05, 0) is 88.2 Å². The molecule has 1 aliphatic rings. The van der Waals surface area contributed by atoms with Crippen molar-refractivity contribution in [3.8, 4) is 5.75 Å². The Morgan fingerprint density at radius 3 is 2.12 bits per heavy atom. The zero-order valence-electron chi connectivity index (χ0n) is 25.0. The molecule has 42 heavy (non-hydrogen) atoms. The van der Waals surface area contributed by atoms with Crippen molar-refractivity contribution in [2.24, 2.45) is 5.41 Å². The summed E-state index contributed by atoms with van der Waals surface area (Å²) in [7, 11) is 5.63. The summed E-state index contributed by atoms with van der Waals surface area (Å²) >= 11 is 0. The molecule has 0 aliphatic carbocycles. The van der Waals surface area contributed by atoms with Gasteiger partial charge in [0.1, 0.15) is 11.2 Å². The molecule has 11 heteroatoms. The first-order valence-corrected chi connectivity index (χ1v) is 14.3. The number of unbranched alkanes of at least 4 members (excludes halogenated alkanes) is 1. The lowest BCUT2D eigenvalue weighted by atomic mass is 9.72. The number of imide groups is 1. The molecule has 8 nitrogen and oxygen atoms in total. The van der Waals surface area contributed by atoms with Gasteiger partial charge >= 0.3 is 12.2 Å². The van der Waals surface area contributed by atoms with Crippen LogP contribution in [-0.4, -0.2) is 79.6 Å². The minimum absolute atomic E-state index is 0.113. The second-order valence-electron chi connectivity index (χ2n) is 10.9. The van der Waals surface area contributed by atoms with Gasteiger partial charge in [0.25, 0.3) is 5.91 Å². The highest BCUT2D eigenvalue weighted by Gasteiger charge is 2.62. The highest BCUT2D eigenvalue weighted by Crippen LogP contribution is 2.46. The van der Waals surface area contributed by atoms with Crippen molar-refractivity contribution >= 4 is 17.8 Å². The Kier molecular flexibility index (Phi) is 11.0. The zero-order chi connectivity index (χ0) is 31.1. The molecular weight excluding hydrogens is 549 g/mol. The molecule has 3 rings (SSSR count). The van der Waals surface area contributed by atoms with E-state index in [-0.39, 0.29) is 11.8 Å². The van der Waals surface area contributed by atoms with Crippen molar-refractivity contribution in [2.75, 3.05) is 40.8 Å². The second-order valence-corrected chi connectivity index (χ2v) is 10.9. The molecule has 0 aromatic heterocycles. The van der Waals surface area contributed by atoms with Gasteiger partial charge in [-0.15, -0.1) is 0 Å². The third kappa shape index (κ3) is 7.61. The standard InChI is InChI=1S/C31H41F3N4O4/c1-6-30(7-2)27(40)38(29(41)35-19-9-8-10-22-11-15-24(16-12-22)31(32,33)34)28(30)42-25-17-13-23(14-18-25)26(39)37(5)21-20-36(3)4/h11-18,28H,6-10,19-21H2,1-5H3,(H,35,41). The number of aryl methyl sites for hydroxylation is 1. The number of carbonyl (C=O) groups is 3. The molecule has 1 N–H and O–H groups in total. The summed E-state index contributed by atoms with van der Waals surface area (Å²) in [4.78, 5) is 43.6. The van der Waals surface area contributed by atoms with E-state index in [4.69, 9.17) is 4.74 Å². The van der Waals surface area contributed by atoms with Crippen molar-refractivity contribution < 1.29 is 32.3 Å². The number of rotatable bonds is 13. The van der Waals surface area contributed by atoms with E-state index in [1.807, 2.05) is 32.8 Å². The fraction of sp³-hybridized carbons (Fsp3) is 0.516. The lowest BCUT2D eigenvalue weighted by molar-refractivity contribution is -0.190. The van der Waals surface area contributed by atoms with Gasteiger partial charge in [0, 0.05) is 32.2 Å². The molecule has 230 valence electrons. The summed E-state index contributed by atoms with van der Waals surface area (Å²) in [6.07, 6.45) is -2.35. The van der Waals surface area contributed by atoms with Gasteiger partial charge in [0.2, 0.25) is 5.91 Å². The van der Waals surface area contributed by atoms with E-state index >= 15 is 0 Å². The molecule has 0 spiro atoms. The first-order chi connectivity index (χ1) is 19.8. The average molecular weight is 591 g/mol. The maximum absolute atomic E-state index is 13.1. The van der Waals surface area contributed by atoms with E-state index < -0.39 is 29.4 Å². The Balaban J connectivity index is 1.56. The Labute approximate surface area is 245 Å². The number of likely N-dealkylation sites (tertiary alicyclic amines) is 1. The predicted octanol–water partition coefficient (Wildman–Crippen LogP) is 5.43. The van der Waals surface area contributed by atoms with Gasteiger partial charge < -0.3 is 19.9 Å². The fourth-order valence-electron chi connectivity index (χ4n) is 4.97. The Bertz CT molecular complexity index is 1210. The number of alkyl halides is 3. The molecule has 1 unspecified atom stereocenters. The maximum atomic E-state index is 13.1. The van der Waals surface area contributed by atoms with Crippen LogP contribution in [0.5, 0.6) is 5.75 Å². The lowest BCUT2D eigenvalue weighted by Gasteiger charge is -2.53. The zero-order valence-corrected chi connectivity index (χ0v) is 25.0. The molecule has 0 saturated carbocycles. The van der Waals surface area contributed by atoms with Crippen LogP contribution < -0.4 is 10.1 Å². The predicted molar refractivity (Wildman–Crippen MR) is 154 cm³/mol. The number of hydrogen-bond donors (Lipinski definition) is 1. The van der Waals surface area contributed by atoms with Crippen molar-refractivity contribution in [3.63, 3.8) is 0 Å². The molecule has 1 heterocycles. The number of nitrogens with zero attached hydrogens (tertiary/aromatic N) is 3. The highest BCUT2D eigenvalue weighted by molar-refractivity contribution is 6.03. The van der Waals surface area contributed by atoms with Crippen molar-refractivity contribution in [1.82, 2.24) is 20.0 Å². The average Bonchev–Trinajstić information content (AvgIpc) is 2.96. The Morgan fingerprint density at radius 1 is 0.952 bits per heavy atom. The summed E-state index contributed by atoms with van der Waals surface area (Å²) in [5, 5.41) is 2.77. The van der Waals surface area contributed by atoms with Crippen LogP contribution >= 0.6 is 0 Å². The molecule has 2 aromatic rings. The molecule has 1 atom stereocenters. The molecule has 2 aromatic carbocycles. The van der Waals surface area contributed by atoms with E-state index in [9.17, 15) is 27.6 Å². The maximum Gasteiger partial charge on any atom is 0.416 e. The topological polar surface area (TPSA) is 82.2 Å². The number of likely N-dealkylation sites (N-methyl/N-ethyl adjacent to an activating group) is 2. The third-order valence-corrected chi connectivity index (χ3v) is 7.86. The van der Waals surface area contributed by atoms with Gasteiger partial charge in [-0.3, -0.25) is 9.59 Å². The minimum atomic E-state index is -4.36. The number of nitrogens with one attached hydrogen (secondary N) is 1. The normalized spacial score (nSPS) is 16.3. The molecule has 1 saturated heterocycles. The monoisotopic (exact) mass is 590 g/mol. The van der Waals surface area contributed by atoms with Crippen molar-refractivity contribution in [3.05, 3.63) is 65.2 Å². The molecule has 0 bridgehead atoms. The molecule has 0 radical (unpaired) electrons. The van der Waals surface area contributed by atoms with E-state index in [1.165, 1.54) is 12.1 Å². The Morgan fingerprint density at radius 2 is 1.57 bits per heavy atom. The highest BCUT2D eigenvalue weighted by atomic mass is 19.4. The van der Waals surface area contributed by atoms with Crippen LogP contribution in [0.15, 0.2) is 48.5 Å². The number of β-lactam (4-membered cyclic amide) rings is 1. The quantitative estimate of drug-likeness (QED) is 0.249. The third-order valence-electron chi connectivity index (χ3n) is 7.86. The summed E-state index contributed by atoms with van der Waals surface area (Å²) in [5.41, 5.74) is -0.223. The van der Waals surface area contributed by atoms with E-state index in [2.05, 4.69) is 5.32 Å². The number of ether oxygens (including phenoxy) is 1. The van der Waals surface area contributed by atoms with Crippen LogP contribution in [0.4, 0.5) is 18.0 Å². The number of hydrogen-bond acceptors (Lipinski definition) is 5. The van der Waals surface area contributed by atoms with Crippen LogP contribution in [0.1, 0.15) is 61.0 Å². The molecule has 1 aliphatic heterocycles. The van der Waals surface area contributed by atoms with Gasteiger partial charge in [0.15, 0.2) is 6.23 Å². The number of carbonyl (C=O) groups excluding carboxylic acids is 3. The molecule has 4 amide bonds. The number of benzene rings is 2. The van der Waals surface area contributed by atoms with Crippen LogP contribution in [0, 0.1) is 5.41 Å². The smallest absolute Gasteiger partial charge is 0.416 e. The minimum Gasteiger partial charge on any atom is -0.469 e. The first-order valence-electron chi connectivity index (χ1n) is 14.3. The van der Waals surface area contributed by atoms with E-state index in [1.54, 1.807) is 36.2 Å². The first kappa shape index (κ1) is 32.9. The Hall–Kier alpha value is -3.60. The molecular formula is C31H41F3N4O4. The van der Waals surface area contributed by atoms with Gasteiger partial charge in [-0.25, -0.2) is 9.69 Å².